The van der Waals surface area contributed by atoms with Gasteiger partial charge in [0.15, 0.2) is 0 Å². The van der Waals surface area contributed by atoms with E-state index < -0.39 is 0 Å². The lowest BCUT2D eigenvalue weighted by Crippen LogP contribution is -2.36. The first-order valence-corrected chi connectivity index (χ1v) is 21.7. The van der Waals surface area contributed by atoms with Gasteiger partial charge in [-0.3, -0.25) is 4.48 Å². The highest BCUT2D eigenvalue weighted by atomic mass is 15.3. The molecule has 0 aliphatic rings. The SMILES string of the molecule is Cc1c(-c2cccc(-c3c4ccccc4c(-c4cccc5cc6c(ccc7ccccc76)cc45)c4ccccc34)c2)c(C)c(-c2ccccc2)c([N+](C)(C)C)c1-c1ccccc1. The molecule has 11 aromatic carbocycles. The first-order valence-electron chi connectivity index (χ1n) is 21.7. The number of nitrogens with zero attached hydrogens (tertiary/aromatic N) is 1. The van der Waals surface area contributed by atoms with Crippen molar-refractivity contribution in [1.29, 1.82) is 0 Å². The highest BCUT2D eigenvalue weighted by Crippen LogP contribution is 2.51. The summed E-state index contributed by atoms with van der Waals surface area (Å²) in [7, 11) is 6.90. The Morgan fingerprint density at radius 2 is 0.694 bits per heavy atom. The maximum absolute atomic E-state index is 2.45. The molecule has 0 unspecified atom stereocenters. The average molecular weight is 795 g/mol. The average Bonchev–Trinajstić information content (AvgIpc) is 3.30. The molecule has 11 aromatic rings. The van der Waals surface area contributed by atoms with Crippen LogP contribution in [-0.4, -0.2) is 21.1 Å². The third-order valence-electron chi connectivity index (χ3n) is 13.2. The van der Waals surface area contributed by atoms with E-state index in [0.29, 0.717) is 4.48 Å². The van der Waals surface area contributed by atoms with E-state index in [9.17, 15) is 0 Å². The molecular formula is C61H48N+. The van der Waals surface area contributed by atoms with Crippen molar-refractivity contribution in [3.05, 3.63) is 211 Å². The summed E-state index contributed by atoms with van der Waals surface area (Å²) in [6.07, 6.45) is 0. The van der Waals surface area contributed by atoms with E-state index in [4.69, 9.17) is 0 Å². The predicted octanol–water partition coefficient (Wildman–Crippen LogP) is 16.6. The van der Waals surface area contributed by atoms with Crippen LogP contribution in [0.15, 0.2) is 200 Å². The van der Waals surface area contributed by atoms with E-state index >= 15 is 0 Å². The predicted molar refractivity (Wildman–Crippen MR) is 270 cm³/mol. The van der Waals surface area contributed by atoms with E-state index in [2.05, 4.69) is 235 Å². The molecule has 1 nitrogen and oxygen atoms in total. The smallest absolute Gasteiger partial charge is 0.148 e. The van der Waals surface area contributed by atoms with Crippen LogP contribution in [0.5, 0.6) is 0 Å². The zero-order valence-corrected chi connectivity index (χ0v) is 36.0. The molecule has 0 saturated heterocycles. The topological polar surface area (TPSA) is 0 Å². The number of quaternary nitrogens is 1. The normalized spacial score (nSPS) is 12.0. The second kappa shape index (κ2) is 14.7. The second-order valence-corrected chi connectivity index (χ2v) is 17.8. The van der Waals surface area contributed by atoms with Crippen molar-refractivity contribution in [2.45, 2.75) is 13.8 Å². The zero-order chi connectivity index (χ0) is 42.1. The van der Waals surface area contributed by atoms with Gasteiger partial charge in [0.05, 0.1) is 21.1 Å². The van der Waals surface area contributed by atoms with E-state index in [1.165, 1.54) is 126 Å². The van der Waals surface area contributed by atoms with Gasteiger partial charge in [-0.15, -0.1) is 0 Å². The zero-order valence-electron chi connectivity index (χ0n) is 36.0. The minimum Gasteiger partial charge on any atom is -0.297 e. The molecule has 0 aromatic heterocycles. The Morgan fingerprint density at radius 3 is 1.27 bits per heavy atom. The molecule has 0 radical (unpaired) electrons. The van der Waals surface area contributed by atoms with Gasteiger partial charge in [-0.1, -0.05) is 182 Å². The summed E-state index contributed by atoms with van der Waals surface area (Å²) in [6, 6.07) is 74.3. The summed E-state index contributed by atoms with van der Waals surface area (Å²) in [5.41, 5.74) is 16.6. The van der Waals surface area contributed by atoms with Crippen molar-refractivity contribution in [1.82, 2.24) is 4.48 Å². The summed E-state index contributed by atoms with van der Waals surface area (Å²) in [5.74, 6) is 0. The van der Waals surface area contributed by atoms with Crippen molar-refractivity contribution >= 4 is 59.5 Å². The Balaban J connectivity index is 1.17. The Hall–Kier alpha value is -7.32. The van der Waals surface area contributed by atoms with Gasteiger partial charge in [0, 0.05) is 11.1 Å². The Morgan fingerprint density at radius 1 is 0.274 bits per heavy atom. The fraction of sp³-hybridized carbons (Fsp3) is 0.0820. The maximum atomic E-state index is 2.45. The van der Waals surface area contributed by atoms with E-state index in [0.717, 1.165) is 0 Å². The molecule has 0 heterocycles. The Bertz CT molecular complexity index is 3430. The highest BCUT2D eigenvalue weighted by Gasteiger charge is 2.31. The minimum absolute atomic E-state index is 0.699. The van der Waals surface area contributed by atoms with Crippen LogP contribution in [0.4, 0.5) is 5.69 Å². The van der Waals surface area contributed by atoms with Crippen LogP contribution in [0, 0.1) is 13.8 Å². The van der Waals surface area contributed by atoms with Gasteiger partial charge in [0.1, 0.15) is 5.69 Å². The lowest BCUT2D eigenvalue weighted by molar-refractivity contribution is 0.488. The quantitative estimate of drug-likeness (QED) is 0.0893. The van der Waals surface area contributed by atoms with Crippen LogP contribution >= 0.6 is 0 Å². The minimum atomic E-state index is 0.699. The van der Waals surface area contributed by atoms with Gasteiger partial charge in [-0.2, -0.15) is 0 Å². The molecule has 0 bridgehead atoms. The molecule has 0 N–H and O–H groups in total. The van der Waals surface area contributed by atoms with Crippen LogP contribution in [0.25, 0.3) is 109 Å². The van der Waals surface area contributed by atoms with Gasteiger partial charge < -0.3 is 0 Å². The summed E-state index contributed by atoms with van der Waals surface area (Å²) < 4.78 is 0.699. The summed E-state index contributed by atoms with van der Waals surface area (Å²) in [6.45, 7) is 4.67. The number of hydrogen-bond acceptors (Lipinski definition) is 0. The van der Waals surface area contributed by atoms with E-state index in [1.807, 2.05) is 0 Å². The monoisotopic (exact) mass is 794 g/mol. The van der Waals surface area contributed by atoms with Gasteiger partial charge in [0.25, 0.3) is 0 Å². The van der Waals surface area contributed by atoms with Crippen molar-refractivity contribution in [3.63, 3.8) is 0 Å². The number of hydrogen-bond donors (Lipinski definition) is 0. The standard InChI is InChI=1S/C61H48N/c1-39-56(40(2)58(43-23-10-7-11-24-43)61(62(3,4)5)57(39)42-21-8-6-9-22-42)46-26-18-27-47(36-46)59-49-29-14-16-31-51(49)60(52-32-17-15-30-50(52)59)53-33-19-25-44-37-54-45(38-55(44)53)35-34-41-20-12-13-28-48(41)54/h6-38H,1-5H3/q+1. The molecule has 296 valence electrons. The summed E-state index contributed by atoms with van der Waals surface area (Å²) in [4.78, 5) is 0. The van der Waals surface area contributed by atoms with Crippen molar-refractivity contribution in [2.75, 3.05) is 21.1 Å². The van der Waals surface area contributed by atoms with Crippen LogP contribution in [-0.2, 0) is 0 Å². The van der Waals surface area contributed by atoms with Crippen molar-refractivity contribution in [3.8, 4) is 55.6 Å². The molecule has 0 spiro atoms. The van der Waals surface area contributed by atoms with Crippen LogP contribution in [0.2, 0.25) is 0 Å². The molecule has 62 heavy (non-hydrogen) atoms. The van der Waals surface area contributed by atoms with Crippen LogP contribution in [0.3, 0.4) is 0 Å². The lowest BCUT2D eigenvalue weighted by atomic mass is 9.80. The third-order valence-corrected chi connectivity index (χ3v) is 13.2. The second-order valence-electron chi connectivity index (χ2n) is 17.8. The number of rotatable bonds is 6. The van der Waals surface area contributed by atoms with Crippen LogP contribution in [0.1, 0.15) is 11.1 Å². The van der Waals surface area contributed by atoms with Gasteiger partial charge in [-0.05, 0) is 142 Å². The van der Waals surface area contributed by atoms with Crippen molar-refractivity contribution in [2.24, 2.45) is 0 Å². The molecular weight excluding hydrogens is 747 g/mol. The Labute approximate surface area is 364 Å². The van der Waals surface area contributed by atoms with Crippen LogP contribution < -0.4 is 4.48 Å². The lowest BCUT2D eigenvalue weighted by Gasteiger charge is -2.32. The molecule has 0 aliphatic carbocycles. The number of benzene rings is 11. The molecule has 0 atom stereocenters. The fourth-order valence-corrected chi connectivity index (χ4v) is 10.6. The van der Waals surface area contributed by atoms with Gasteiger partial charge >= 0.3 is 0 Å². The van der Waals surface area contributed by atoms with Gasteiger partial charge in [-0.25, -0.2) is 0 Å². The molecule has 1 heteroatoms. The third kappa shape index (κ3) is 6.04. The number of fused-ring (bicyclic) bond motifs is 6. The molecule has 0 aliphatic heterocycles. The van der Waals surface area contributed by atoms with E-state index in [-0.39, 0.29) is 0 Å². The largest absolute Gasteiger partial charge is 0.297 e. The maximum Gasteiger partial charge on any atom is 0.148 e. The molecule has 0 amide bonds. The summed E-state index contributed by atoms with van der Waals surface area (Å²) in [5, 5.41) is 12.7. The molecule has 0 fully saturated rings. The first kappa shape index (κ1) is 37.7. The summed E-state index contributed by atoms with van der Waals surface area (Å²) >= 11 is 0. The fourth-order valence-electron chi connectivity index (χ4n) is 10.6. The molecule has 0 saturated carbocycles. The first-order chi connectivity index (χ1) is 30.3. The Kier molecular flexibility index (Phi) is 8.93. The van der Waals surface area contributed by atoms with E-state index in [1.54, 1.807) is 0 Å². The van der Waals surface area contributed by atoms with Gasteiger partial charge in [0.2, 0.25) is 0 Å². The molecule has 11 rings (SSSR count). The highest BCUT2D eigenvalue weighted by molar-refractivity contribution is 6.24. The van der Waals surface area contributed by atoms with Crippen molar-refractivity contribution < 1.29 is 0 Å².